The summed E-state index contributed by atoms with van der Waals surface area (Å²) in [6.07, 6.45) is 6.88. The van der Waals surface area contributed by atoms with Crippen LogP contribution in [0.25, 0.3) is 5.69 Å². The van der Waals surface area contributed by atoms with Crippen molar-refractivity contribution < 1.29 is 9.47 Å². The Balaban J connectivity index is 0.00000300. The SMILES string of the molecule is CN=C(NCc1ccn(-c2ccc(OC)cc2)n1)NCC1(CCOC)CCC1.I. The Bertz CT molecular complexity index is 772. The number of nitrogens with zero attached hydrogens (tertiary/aromatic N) is 3. The van der Waals surface area contributed by atoms with Gasteiger partial charge in [-0.3, -0.25) is 4.99 Å². The molecule has 0 bridgehead atoms. The first-order valence-corrected chi connectivity index (χ1v) is 9.80. The molecule has 7 nitrogen and oxygen atoms in total. The standard InChI is InChI=1S/C21H31N5O2.HI/c1-22-20(24-16-21(10-4-11-21)12-14-27-2)23-15-17-9-13-26(25-17)18-5-7-19(28-3)8-6-18;/h5-9,13H,4,10-12,14-16H2,1-3H3,(H2,22,23,24);1H. The lowest BCUT2D eigenvalue weighted by atomic mass is 9.67. The van der Waals surface area contributed by atoms with Crippen LogP contribution in [0.5, 0.6) is 5.75 Å². The Labute approximate surface area is 190 Å². The Morgan fingerprint density at radius 2 is 1.93 bits per heavy atom. The van der Waals surface area contributed by atoms with Gasteiger partial charge < -0.3 is 20.1 Å². The second kappa shape index (κ2) is 11.4. The Kier molecular flexibility index (Phi) is 9.22. The third-order valence-corrected chi connectivity index (χ3v) is 5.52. The lowest BCUT2D eigenvalue weighted by Gasteiger charge is -2.42. The topological polar surface area (TPSA) is 72.7 Å². The van der Waals surface area contributed by atoms with Gasteiger partial charge in [-0.05, 0) is 55.0 Å². The van der Waals surface area contributed by atoms with Gasteiger partial charge in [-0.25, -0.2) is 4.68 Å². The summed E-state index contributed by atoms with van der Waals surface area (Å²) < 4.78 is 12.3. The summed E-state index contributed by atoms with van der Waals surface area (Å²) in [5.74, 6) is 1.64. The Morgan fingerprint density at radius 3 is 2.52 bits per heavy atom. The molecule has 0 unspecified atom stereocenters. The average Bonchev–Trinajstić information content (AvgIpc) is 3.18. The highest BCUT2D eigenvalue weighted by molar-refractivity contribution is 14.0. The van der Waals surface area contributed by atoms with Gasteiger partial charge in [-0.15, -0.1) is 24.0 Å². The van der Waals surface area contributed by atoms with E-state index >= 15 is 0 Å². The Hall–Kier alpha value is -1.81. The predicted molar refractivity (Wildman–Crippen MR) is 127 cm³/mol. The molecule has 0 saturated heterocycles. The molecule has 0 radical (unpaired) electrons. The first-order valence-electron chi connectivity index (χ1n) is 9.80. The van der Waals surface area contributed by atoms with Crippen LogP contribution in [0.2, 0.25) is 0 Å². The maximum absolute atomic E-state index is 5.27. The lowest BCUT2D eigenvalue weighted by molar-refractivity contribution is 0.0732. The van der Waals surface area contributed by atoms with E-state index in [1.165, 1.54) is 19.3 Å². The molecule has 0 aliphatic heterocycles. The fourth-order valence-electron chi connectivity index (χ4n) is 3.51. The number of ether oxygens (including phenoxy) is 2. The van der Waals surface area contributed by atoms with E-state index in [9.17, 15) is 0 Å². The molecule has 1 heterocycles. The van der Waals surface area contributed by atoms with E-state index in [1.807, 2.05) is 41.2 Å². The van der Waals surface area contributed by atoms with Crippen LogP contribution in [0, 0.1) is 5.41 Å². The number of benzene rings is 1. The summed E-state index contributed by atoms with van der Waals surface area (Å²) in [4.78, 5) is 4.34. The average molecular weight is 513 g/mol. The minimum Gasteiger partial charge on any atom is -0.497 e. The maximum Gasteiger partial charge on any atom is 0.191 e. The second-order valence-electron chi connectivity index (χ2n) is 7.33. The van der Waals surface area contributed by atoms with Gasteiger partial charge in [-0.1, -0.05) is 6.42 Å². The summed E-state index contributed by atoms with van der Waals surface area (Å²) in [5.41, 5.74) is 2.31. The van der Waals surface area contributed by atoms with Crippen LogP contribution in [0.4, 0.5) is 0 Å². The molecule has 1 fully saturated rings. The number of aromatic nitrogens is 2. The highest BCUT2D eigenvalue weighted by Gasteiger charge is 2.36. The van der Waals surface area contributed by atoms with E-state index in [0.717, 1.165) is 42.7 Å². The summed E-state index contributed by atoms with van der Waals surface area (Å²) in [6.45, 7) is 2.36. The number of nitrogens with one attached hydrogen (secondary N) is 2. The molecule has 0 atom stereocenters. The van der Waals surface area contributed by atoms with Crippen molar-refractivity contribution in [3.63, 3.8) is 0 Å². The lowest BCUT2D eigenvalue weighted by Crippen LogP contribution is -2.46. The Morgan fingerprint density at radius 1 is 1.17 bits per heavy atom. The normalized spacial score (nSPS) is 15.2. The van der Waals surface area contributed by atoms with Crippen molar-refractivity contribution in [3.8, 4) is 11.4 Å². The van der Waals surface area contributed by atoms with Gasteiger partial charge in [0.25, 0.3) is 0 Å². The molecule has 8 heteroatoms. The number of hydrogen-bond acceptors (Lipinski definition) is 4. The molecular formula is C21H32IN5O2. The van der Waals surface area contributed by atoms with Crippen LogP contribution >= 0.6 is 24.0 Å². The molecule has 2 N–H and O–H groups in total. The van der Waals surface area contributed by atoms with Gasteiger partial charge in [-0.2, -0.15) is 5.10 Å². The minimum absolute atomic E-state index is 0. The molecule has 1 aliphatic rings. The third kappa shape index (κ3) is 6.33. The molecule has 160 valence electrons. The van der Waals surface area contributed by atoms with Crippen molar-refractivity contribution in [2.24, 2.45) is 10.4 Å². The molecule has 1 aromatic carbocycles. The summed E-state index contributed by atoms with van der Waals surface area (Å²) in [7, 11) is 5.23. The van der Waals surface area contributed by atoms with E-state index in [2.05, 4.69) is 20.7 Å². The largest absolute Gasteiger partial charge is 0.497 e. The first kappa shape index (κ1) is 23.5. The molecule has 0 spiro atoms. The third-order valence-electron chi connectivity index (χ3n) is 5.52. The number of hydrogen-bond donors (Lipinski definition) is 2. The van der Waals surface area contributed by atoms with Crippen molar-refractivity contribution in [2.75, 3.05) is 34.4 Å². The van der Waals surface area contributed by atoms with E-state index in [4.69, 9.17) is 9.47 Å². The van der Waals surface area contributed by atoms with Gasteiger partial charge in [0, 0.05) is 33.5 Å². The van der Waals surface area contributed by atoms with Crippen molar-refractivity contribution >= 4 is 29.9 Å². The van der Waals surface area contributed by atoms with E-state index < -0.39 is 0 Å². The maximum atomic E-state index is 5.27. The molecule has 1 saturated carbocycles. The number of rotatable bonds is 9. The van der Waals surface area contributed by atoms with Crippen LogP contribution in [-0.4, -0.2) is 50.2 Å². The fraction of sp³-hybridized carbons (Fsp3) is 0.524. The molecule has 1 aliphatic carbocycles. The van der Waals surface area contributed by atoms with E-state index in [0.29, 0.717) is 12.0 Å². The second-order valence-corrected chi connectivity index (χ2v) is 7.33. The molecule has 2 aromatic rings. The summed E-state index contributed by atoms with van der Waals surface area (Å²) >= 11 is 0. The van der Waals surface area contributed by atoms with Gasteiger partial charge in [0.2, 0.25) is 0 Å². The minimum atomic E-state index is 0. The molecule has 1 aromatic heterocycles. The summed E-state index contributed by atoms with van der Waals surface area (Å²) in [5, 5.41) is 11.5. The first-order chi connectivity index (χ1) is 13.7. The van der Waals surface area contributed by atoms with Crippen molar-refractivity contribution in [3.05, 3.63) is 42.2 Å². The molecular weight excluding hydrogens is 481 g/mol. The van der Waals surface area contributed by atoms with Gasteiger partial charge in [0.05, 0.1) is 25.0 Å². The zero-order valence-corrected chi connectivity index (χ0v) is 19.8. The number of methoxy groups -OCH3 is 2. The van der Waals surface area contributed by atoms with Crippen molar-refractivity contribution in [2.45, 2.75) is 32.2 Å². The quantitative estimate of drug-likeness (QED) is 0.306. The van der Waals surface area contributed by atoms with Gasteiger partial charge in [0.15, 0.2) is 5.96 Å². The molecule has 0 amide bonds. The smallest absolute Gasteiger partial charge is 0.191 e. The van der Waals surface area contributed by atoms with Gasteiger partial charge >= 0.3 is 0 Å². The van der Waals surface area contributed by atoms with Crippen LogP contribution in [0.1, 0.15) is 31.4 Å². The van der Waals surface area contributed by atoms with Crippen molar-refractivity contribution in [1.29, 1.82) is 0 Å². The van der Waals surface area contributed by atoms with Crippen LogP contribution in [0.15, 0.2) is 41.5 Å². The predicted octanol–water partition coefficient (Wildman–Crippen LogP) is 3.37. The van der Waals surface area contributed by atoms with Gasteiger partial charge in [0.1, 0.15) is 5.75 Å². The highest BCUT2D eigenvalue weighted by Crippen LogP contribution is 2.43. The monoisotopic (exact) mass is 513 g/mol. The highest BCUT2D eigenvalue weighted by atomic mass is 127. The van der Waals surface area contributed by atoms with E-state index in [-0.39, 0.29) is 24.0 Å². The fourth-order valence-corrected chi connectivity index (χ4v) is 3.51. The zero-order valence-electron chi connectivity index (χ0n) is 17.5. The molecule has 3 rings (SSSR count). The number of halogens is 1. The van der Waals surface area contributed by atoms with Crippen LogP contribution in [-0.2, 0) is 11.3 Å². The number of aliphatic imine (C=N–C) groups is 1. The molecule has 29 heavy (non-hydrogen) atoms. The van der Waals surface area contributed by atoms with Crippen molar-refractivity contribution in [1.82, 2.24) is 20.4 Å². The van der Waals surface area contributed by atoms with Crippen LogP contribution in [0.3, 0.4) is 0 Å². The zero-order chi connectivity index (χ0) is 19.8. The van der Waals surface area contributed by atoms with Crippen LogP contribution < -0.4 is 15.4 Å². The van der Waals surface area contributed by atoms with E-state index in [1.54, 1.807) is 21.3 Å². The summed E-state index contributed by atoms with van der Waals surface area (Å²) in [6, 6.07) is 9.85. The number of guanidine groups is 1.